The van der Waals surface area contributed by atoms with E-state index in [9.17, 15) is 18.0 Å². The number of aryl methyl sites for hydroxylation is 1. The van der Waals surface area contributed by atoms with Gasteiger partial charge in [-0.05, 0) is 50.2 Å². The predicted molar refractivity (Wildman–Crippen MR) is 111 cm³/mol. The van der Waals surface area contributed by atoms with Crippen LogP contribution in [0.1, 0.15) is 36.7 Å². The molecule has 2 aromatic rings. The molecule has 0 spiro atoms. The first-order valence-corrected chi connectivity index (χ1v) is 10.8. The van der Waals surface area contributed by atoms with Crippen LogP contribution in [0.2, 0.25) is 0 Å². The molecule has 2 rings (SSSR count). The molecule has 0 fully saturated rings. The van der Waals surface area contributed by atoms with Gasteiger partial charge in [0.15, 0.2) is 6.10 Å². The molecule has 0 unspecified atom stereocenters. The Morgan fingerprint density at radius 1 is 1.00 bits per heavy atom. The highest BCUT2D eigenvalue weighted by Crippen LogP contribution is 2.17. The molecule has 0 aliphatic heterocycles. The Morgan fingerprint density at radius 2 is 1.55 bits per heavy atom. The number of carbonyl (C=O) groups excluding carboxylic acids is 2. The minimum Gasteiger partial charge on any atom is -0.449 e. The number of esters is 1. The van der Waals surface area contributed by atoms with E-state index in [1.807, 2.05) is 19.1 Å². The van der Waals surface area contributed by atoms with Crippen molar-refractivity contribution in [3.05, 3.63) is 59.7 Å². The molecule has 0 aliphatic carbocycles. The van der Waals surface area contributed by atoms with Crippen LogP contribution >= 0.6 is 0 Å². The molecule has 2 aromatic carbocycles. The summed E-state index contributed by atoms with van der Waals surface area (Å²) in [5, 5.41) is 2.68. The van der Waals surface area contributed by atoms with Crippen LogP contribution in [0.5, 0.6) is 0 Å². The maximum atomic E-state index is 12.5. The van der Waals surface area contributed by atoms with E-state index in [4.69, 9.17) is 4.74 Å². The Hall–Kier alpha value is -2.71. The fraction of sp³-hybridized carbons (Fsp3) is 0.333. The van der Waals surface area contributed by atoms with E-state index in [0.29, 0.717) is 18.8 Å². The minimum atomic E-state index is -3.60. The number of ether oxygens (including phenoxy) is 1. The van der Waals surface area contributed by atoms with Gasteiger partial charge in [0.2, 0.25) is 10.0 Å². The summed E-state index contributed by atoms with van der Waals surface area (Å²) in [4.78, 5) is 24.6. The summed E-state index contributed by atoms with van der Waals surface area (Å²) < 4.78 is 31.5. The summed E-state index contributed by atoms with van der Waals surface area (Å²) in [6, 6.07) is 12.7. The second-order valence-electron chi connectivity index (χ2n) is 6.52. The highest BCUT2D eigenvalue weighted by atomic mass is 32.2. The summed E-state index contributed by atoms with van der Waals surface area (Å²) in [6.45, 7) is 7.65. The van der Waals surface area contributed by atoms with Crippen molar-refractivity contribution in [3.8, 4) is 0 Å². The van der Waals surface area contributed by atoms with Crippen LogP contribution in [0.25, 0.3) is 0 Å². The third-order valence-corrected chi connectivity index (χ3v) is 6.47. The van der Waals surface area contributed by atoms with Crippen LogP contribution in [-0.2, 0) is 19.6 Å². The maximum absolute atomic E-state index is 12.5. The molecule has 0 aliphatic rings. The SMILES string of the molecule is CCN(CC)S(=O)(=O)c1ccc(C(=O)O[C@@H](C)C(=O)Nc2ccc(C)cc2)cc1. The Balaban J connectivity index is 2.03. The van der Waals surface area contributed by atoms with Crippen molar-refractivity contribution < 1.29 is 22.7 Å². The van der Waals surface area contributed by atoms with E-state index in [-0.39, 0.29) is 10.5 Å². The van der Waals surface area contributed by atoms with Gasteiger partial charge in [-0.1, -0.05) is 31.5 Å². The lowest BCUT2D eigenvalue weighted by Gasteiger charge is -2.18. The van der Waals surface area contributed by atoms with E-state index in [1.165, 1.54) is 35.5 Å². The monoisotopic (exact) mass is 418 g/mol. The van der Waals surface area contributed by atoms with E-state index in [2.05, 4.69) is 5.32 Å². The second kappa shape index (κ2) is 9.67. The molecule has 0 heterocycles. The first-order chi connectivity index (χ1) is 13.7. The number of hydrogen-bond donors (Lipinski definition) is 1. The minimum absolute atomic E-state index is 0.0999. The highest BCUT2D eigenvalue weighted by molar-refractivity contribution is 7.89. The third-order valence-electron chi connectivity index (χ3n) is 4.41. The lowest BCUT2D eigenvalue weighted by Crippen LogP contribution is -2.31. The molecule has 156 valence electrons. The van der Waals surface area contributed by atoms with Crippen molar-refractivity contribution in [2.75, 3.05) is 18.4 Å². The largest absolute Gasteiger partial charge is 0.449 e. The number of nitrogens with zero attached hydrogens (tertiary/aromatic N) is 1. The first-order valence-electron chi connectivity index (χ1n) is 9.37. The van der Waals surface area contributed by atoms with Crippen LogP contribution < -0.4 is 5.32 Å². The van der Waals surface area contributed by atoms with Gasteiger partial charge in [-0.15, -0.1) is 0 Å². The van der Waals surface area contributed by atoms with E-state index >= 15 is 0 Å². The van der Waals surface area contributed by atoms with Crippen LogP contribution in [0.4, 0.5) is 5.69 Å². The number of amides is 1. The lowest BCUT2D eigenvalue weighted by molar-refractivity contribution is -0.123. The van der Waals surface area contributed by atoms with Crippen molar-refractivity contribution >= 4 is 27.6 Å². The number of benzene rings is 2. The Kier molecular flexibility index (Phi) is 7.53. The van der Waals surface area contributed by atoms with Gasteiger partial charge >= 0.3 is 5.97 Å². The molecule has 7 nitrogen and oxygen atoms in total. The normalized spacial score (nSPS) is 12.4. The fourth-order valence-corrected chi connectivity index (χ4v) is 4.10. The molecule has 8 heteroatoms. The summed E-state index contributed by atoms with van der Waals surface area (Å²) >= 11 is 0. The van der Waals surface area contributed by atoms with Gasteiger partial charge in [0.1, 0.15) is 0 Å². The molecule has 0 saturated heterocycles. The summed E-state index contributed by atoms with van der Waals surface area (Å²) in [5.74, 6) is -1.16. The van der Waals surface area contributed by atoms with Gasteiger partial charge in [0, 0.05) is 18.8 Å². The summed E-state index contributed by atoms with van der Waals surface area (Å²) in [5.41, 5.74) is 1.84. The number of rotatable bonds is 8. The number of carbonyl (C=O) groups is 2. The lowest BCUT2D eigenvalue weighted by atomic mass is 10.2. The molecular formula is C21H26N2O5S. The van der Waals surface area contributed by atoms with E-state index < -0.39 is 28.0 Å². The summed E-state index contributed by atoms with van der Waals surface area (Å²) in [7, 11) is -3.60. The van der Waals surface area contributed by atoms with Crippen molar-refractivity contribution in [2.45, 2.75) is 38.7 Å². The van der Waals surface area contributed by atoms with E-state index in [0.717, 1.165) is 5.56 Å². The average Bonchev–Trinajstić information content (AvgIpc) is 2.70. The van der Waals surface area contributed by atoms with Gasteiger partial charge in [0.05, 0.1) is 10.5 Å². The summed E-state index contributed by atoms with van der Waals surface area (Å²) in [6.07, 6.45) is -1.01. The zero-order chi connectivity index (χ0) is 21.6. The highest BCUT2D eigenvalue weighted by Gasteiger charge is 2.23. The topological polar surface area (TPSA) is 92.8 Å². The van der Waals surface area contributed by atoms with Crippen LogP contribution in [0, 0.1) is 6.92 Å². The van der Waals surface area contributed by atoms with Crippen LogP contribution in [-0.4, -0.2) is 43.8 Å². The zero-order valence-corrected chi connectivity index (χ0v) is 17.8. The molecule has 0 bridgehead atoms. The Bertz CT molecular complexity index is 950. The molecule has 0 radical (unpaired) electrons. The molecule has 29 heavy (non-hydrogen) atoms. The maximum Gasteiger partial charge on any atom is 0.338 e. The number of sulfonamides is 1. The number of nitrogens with one attached hydrogen (secondary N) is 1. The Labute approximate surface area is 171 Å². The third kappa shape index (κ3) is 5.65. The van der Waals surface area contributed by atoms with Gasteiger partial charge in [-0.25, -0.2) is 13.2 Å². The molecule has 0 aromatic heterocycles. The van der Waals surface area contributed by atoms with Crippen molar-refractivity contribution in [2.24, 2.45) is 0 Å². The number of anilines is 1. The quantitative estimate of drug-likeness (QED) is 0.665. The average molecular weight is 419 g/mol. The molecular weight excluding hydrogens is 392 g/mol. The van der Waals surface area contributed by atoms with Gasteiger partial charge in [-0.3, -0.25) is 4.79 Å². The second-order valence-corrected chi connectivity index (χ2v) is 8.45. The van der Waals surface area contributed by atoms with Crippen LogP contribution in [0.15, 0.2) is 53.4 Å². The predicted octanol–water partition coefficient (Wildman–Crippen LogP) is 3.21. The molecule has 0 saturated carbocycles. The van der Waals surface area contributed by atoms with Gasteiger partial charge < -0.3 is 10.1 Å². The zero-order valence-electron chi connectivity index (χ0n) is 17.0. The van der Waals surface area contributed by atoms with Crippen molar-refractivity contribution in [3.63, 3.8) is 0 Å². The van der Waals surface area contributed by atoms with E-state index in [1.54, 1.807) is 26.0 Å². The first kappa shape index (κ1) is 22.6. The standard InChI is InChI=1S/C21H26N2O5S/c1-5-23(6-2)29(26,27)19-13-9-17(10-14-19)21(25)28-16(4)20(24)22-18-11-7-15(3)8-12-18/h7-14,16H,5-6H2,1-4H3,(H,22,24)/t16-/m0/s1. The van der Waals surface area contributed by atoms with Crippen molar-refractivity contribution in [1.82, 2.24) is 4.31 Å². The molecule has 1 amide bonds. The van der Waals surface area contributed by atoms with Crippen molar-refractivity contribution in [1.29, 1.82) is 0 Å². The van der Waals surface area contributed by atoms with Gasteiger partial charge in [-0.2, -0.15) is 4.31 Å². The molecule has 1 N–H and O–H groups in total. The molecule has 1 atom stereocenters. The van der Waals surface area contributed by atoms with Crippen LogP contribution in [0.3, 0.4) is 0 Å². The number of hydrogen-bond acceptors (Lipinski definition) is 5. The van der Waals surface area contributed by atoms with Gasteiger partial charge in [0.25, 0.3) is 5.91 Å². The Morgan fingerprint density at radius 3 is 2.07 bits per heavy atom. The smallest absolute Gasteiger partial charge is 0.338 e. The fourth-order valence-electron chi connectivity index (χ4n) is 2.64.